The Hall–Kier alpha value is -0.470. The van der Waals surface area contributed by atoms with E-state index in [1.807, 2.05) is 18.2 Å². The van der Waals surface area contributed by atoms with Crippen molar-refractivity contribution in [2.45, 2.75) is 18.1 Å². The zero-order valence-corrected chi connectivity index (χ0v) is 7.34. The Morgan fingerprint density at radius 3 is 2.55 bits per heavy atom. The smallest absolute Gasteiger partial charge is 0.0967 e. The lowest BCUT2D eigenvalue weighted by Crippen LogP contribution is -1.92. The molecule has 0 amide bonds. The van der Waals surface area contributed by atoms with Crippen LogP contribution in [0, 0.1) is 0 Å². The molecule has 0 aliphatic rings. The molecule has 0 saturated carbocycles. The fourth-order valence-electron chi connectivity index (χ4n) is 0.791. The molecule has 0 radical (unpaired) electrons. The van der Waals surface area contributed by atoms with Crippen molar-refractivity contribution >= 4 is 11.8 Å². The summed E-state index contributed by atoms with van der Waals surface area (Å²) in [6, 6.07) is 10.1. The third kappa shape index (κ3) is 3.44. The molecule has 1 nitrogen and oxygen atoms in total. The summed E-state index contributed by atoms with van der Waals surface area (Å²) in [5, 5.41) is 8.98. The van der Waals surface area contributed by atoms with E-state index in [-0.39, 0.29) is 5.44 Å². The molecule has 0 heterocycles. The van der Waals surface area contributed by atoms with Crippen LogP contribution in [0.2, 0.25) is 0 Å². The monoisotopic (exact) mass is 168 g/mol. The number of thioether (sulfide) groups is 1. The van der Waals surface area contributed by atoms with Crippen LogP contribution >= 0.6 is 11.8 Å². The van der Waals surface area contributed by atoms with Gasteiger partial charge in [0.25, 0.3) is 0 Å². The summed E-state index contributed by atoms with van der Waals surface area (Å²) < 4.78 is 0. The maximum atomic E-state index is 8.98. The molecule has 0 spiro atoms. The third-order valence-corrected chi connectivity index (χ3v) is 2.32. The predicted molar refractivity (Wildman–Crippen MR) is 49.4 cm³/mol. The zero-order chi connectivity index (χ0) is 8.10. The van der Waals surface area contributed by atoms with Gasteiger partial charge >= 0.3 is 0 Å². The van der Waals surface area contributed by atoms with Crippen molar-refractivity contribution in [2.75, 3.05) is 0 Å². The van der Waals surface area contributed by atoms with E-state index in [0.717, 1.165) is 5.75 Å². The SMILES string of the molecule is CC(O)SCc1ccccc1. The van der Waals surface area contributed by atoms with Gasteiger partial charge in [0.2, 0.25) is 0 Å². The van der Waals surface area contributed by atoms with Gasteiger partial charge in [-0.05, 0) is 12.5 Å². The summed E-state index contributed by atoms with van der Waals surface area (Å²) in [5.41, 5.74) is 0.994. The average Bonchev–Trinajstić information content (AvgIpc) is 2.03. The Balaban J connectivity index is 2.39. The van der Waals surface area contributed by atoms with E-state index < -0.39 is 0 Å². The zero-order valence-electron chi connectivity index (χ0n) is 6.53. The lowest BCUT2D eigenvalue weighted by atomic mass is 10.2. The summed E-state index contributed by atoms with van der Waals surface area (Å²) in [7, 11) is 0. The van der Waals surface area contributed by atoms with Crippen LogP contribution in [0.1, 0.15) is 12.5 Å². The molecule has 1 unspecified atom stereocenters. The molecule has 2 heteroatoms. The summed E-state index contributed by atoms with van der Waals surface area (Å²) >= 11 is 1.54. The molecule has 11 heavy (non-hydrogen) atoms. The molecule has 1 aromatic rings. The van der Waals surface area contributed by atoms with E-state index >= 15 is 0 Å². The van der Waals surface area contributed by atoms with Gasteiger partial charge in [0.1, 0.15) is 0 Å². The van der Waals surface area contributed by atoms with Gasteiger partial charge < -0.3 is 5.11 Å². The maximum absolute atomic E-state index is 8.98. The van der Waals surface area contributed by atoms with E-state index in [9.17, 15) is 0 Å². The van der Waals surface area contributed by atoms with Crippen LogP contribution < -0.4 is 0 Å². The van der Waals surface area contributed by atoms with E-state index in [1.165, 1.54) is 17.3 Å². The van der Waals surface area contributed by atoms with Crippen molar-refractivity contribution in [3.8, 4) is 0 Å². The van der Waals surface area contributed by atoms with Crippen LogP contribution in [-0.4, -0.2) is 10.5 Å². The van der Waals surface area contributed by atoms with Gasteiger partial charge in [-0.25, -0.2) is 0 Å². The minimum absolute atomic E-state index is 0.268. The third-order valence-electron chi connectivity index (χ3n) is 1.33. The van der Waals surface area contributed by atoms with Crippen LogP contribution in [0.5, 0.6) is 0 Å². The molecule has 1 atom stereocenters. The van der Waals surface area contributed by atoms with Gasteiger partial charge in [0.15, 0.2) is 0 Å². The summed E-state index contributed by atoms with van der Waals surface area (Å²) in [4.78, 5) is 0. The number of benzene rings is 1. The van der Waals surface area contributed by atoms with Gasteiger partial charge in [-0.15, -0.1) is 11.8 Å². The second-order valence-corrected chi connectivity index (χ2v) is 3.70. The lowest BCUT2D eigenvalue weighted by Gasteiger charge is -2.02. The fourth-order valence-corrected chi connectivity index (χ4v) is 1.42. The quantitative estimate of drug-likeness (QED) is 0.699. The molecular formula is C9H12OS. The van der Waals surface area contributed by atoms with Gasteiger partial charge in [0, 0.05) is 5.75 Å². The Morgan fingerprint density at radius 1 is 1.36 bits per heavy atom. The minimum atomic E-state index is -0.268. The van der Waals surface area contributed by atoms with Crippen molar-refractivity contribution in [2.24, 2.45) is 0 Å². The average molecular weight is 168 g/mol. The first-order chi connectivity index (χ1) is 5.29. The fraction of sp³-hybridized carbons (Fsp3) is 0.333. The summed E-state index contributed by atoms with van der Waals surface area (Å²) in [6.45, 7) is 1.79. The van der Waals surface area contributed by atoms with E-state index in [2.05, 4.69) is 12.1 Å². The number of aliphatic hydroxyl groups is 1. The molecular weight excluding hydrogens is 156 g/mol. The van der Waals surface area contributed by atoms with E-state index in [1.54, 1.807) is 6.92 Å². The second kappa shape index (κ2) is 4.42. The highest BCUT2D eigenvalue weighted by Gasteiger charge is 1.95. The van der Waals surface area contributed by atoms with Crippen LogP contribution in [0.4, 0.5) is 0 Å². The Bertz CT molecular complexity index is 196. The van der Waals surface area contributed by atoms with E-state index in [0.29, 0.717) is 0 Å². The molecule has 1 aromatic carbocycles. The second-order valence-electron chi connectivity index (χ2n) is 2.40. The van der Waals surface area contributed by atoms with Gasteiger partial charge in [0.05, 0.1) is 5.44 Å². The van der Waals surface area contributed by atoms with Crippen molar-refractivity contribution in [1.82, 2.24) is 0 Å². The highest BCUT2D eigenvalue weighted by atomic mass is 32.2. The van der Waals surface area contributed by atoms with Crippen LogP contribution in [0.25, 0.3) is 0 Å². The molecule has 0 fully saturated rings. The largest absolute Gasteiger partial charge is 0.383 e. The molecule has 0 aliphatic carbocycles. The highest BCUT2D eigenvalue weighted by molar-refractivity contribution is 7.98. The predicted octanol–water partition coefficient (Wildman–Crippen LogP) is 2.26. The van der Waals surface area contributed by atoms with Gasteiger partial charge in [-0.2, -0.15) is 0 Å². The maximum Gasteiger partial charge on any atom is 0.0967 e. The van der Waals surface area contributed by atoms with Crippen LogP contribution in [-0.2, 0) is 5.75 Å². The van der Waals surface area contributed by atoms with E-state index in [4.69, 9.17) is 5.11 Å². The number of hydrogen-bond acceptors (Lipinski definition) is 2. The van der Waals surface area contributed by atoms with Crippen molar-refractivity contribution < 1.29 is 5.11 Å². The molecule has 0 aliphatic heterocycles. The Morgan fingerprint density at radius 2 is 2.00 bits per heavy atom. The first kappa shape index (κ1) is 8.62. The topological polar surface area (TPSA) is 20.2 Å². The number of rotatable bonds is 3. The van der Waals surface area contributed by atoms with Crippen molar-refractivity contribution in [3.05, 3.63) is 35.9 Å². The van der Waals surface area contributed by atoms with Crippen molar-refractivity contribution in [3.63, 3.8) is 0 Å². The molecule has 0 saturated heterocycles. The Labute approximate surface area is 71.4 Å². The van der Waals surface area contributed by atoms with Crippen LogP contribution in [0.15, 0.2) is 30.3 Å². The first-order valence-electron chi connectivity index (χ1n) is 3.62. The number of aliphatic hydroxyl groups excluding tert-OH is 1. The number of hydrogen-bond donors (Lipinski definition) is 1. The molecule has 1 rings (SSSR count). The summed E-state index contributed by atoms with van der Waals surface area (Å²) in [5.74, 6) is 0.887. The highest BCUT2D eigenvalue weighted by Crippen LogP contribution is 2.14. The molecule has 1 N–H and O–H groups in total. The first-order valence-corrected chi connectivity index (χ1v) is 4.67. The lowest BCUT2D eigenvalue weighted by molar-refractivity contribution is 0.284. The van der Waals surface area contributed by atoms with Crippen LogP contribution in [0.3, 0.4) is 0 Å². The van der Waals surface area contributed by atoms with Crippen molar-refractivity contribution in [1.29, 1.82) is 0 Å². The van der Waals surface area contributed by atoms with Gasteiger partial charge in [-0.3, -0.25) is 0 Å². The molecule has 0 bridgehead atoms. The molecule has 0 aromatic heterocycles. The van der Waals surface area contributed by atoms with Gasteiger partial charge in [-0.1, -0.05) is 30.3 Å². The standard InChI is InChI=1S/C9H12OS/c1-8(10)11-7-9-5-3-2-4-6-9/h2-6,8,10H,7H2,1H3. The summed E-state index contributed by atoms with van der Waals surface area (Å²) in [6.07, 6.45) is 0. The minimum Gasteiger partial charge on any atom is -0.383 e. The normalized spacial score (nSPS) is 12.9. The Kier molecular flexibility index (Phi) is 3.46. The molecule has 60 valence electrons.